The predicted octanol–water partition coefficient (Wildman–Crippen LogP) is 4.11. The second kappa shape index (κ2) is 14.7. The summed E-state index contributed by atoms with van der Waals surface area (Å²) in [4.78, 5) is 4.74. The molecule has 0 saturated carbocycles. The molecule has 2 N–H and O–H groups in total. The van der Waals surface area contributed by atoms with Crippen LogP contribution in [0.1, 0.15) is 30.6 Å². The summed E-state index contributed by atoms with van der Waals surface area (Å²) < 4.78 is 11.1. The van der Waals surface area contributed by atoms with Crippen LogP contribution in [0.5, 0.6) is 0 Å². The third-order valence-electron chi connectivity index (χ3n) is 4.12. The molecule has 0 spiro atoms. The number of nitrogens with zero attached hydrogens (tertiary/aromatic N) is 1. The van der Waals surface area contributed by atoms with E-state index >= 15 is 0 Å². The molecule has 5 nitrogen and oxygen atoms in total. The number of aliphatic imine (C=N–C) groups is 1. The van der Waals surface area contributed by atoms with Gasteiger partial charge in [-0.25, -0.2) is 0 Å². The van der Waals surface area contributed by atoms with Crippen LogP contribution in [0.4, 0.5) is 0 Å². The SMILES string of the molecule is CCNC(=NCC(SC)c1cccc(Cl)c1)NCCCOC1CCOC1.I. The first-order chi connectivity index (χ1) is 12.7. The Bertz CT molecular complexity index is 560. The van der Waals surface area contributed by atoms with Crippen LogP contribution >= 0.6 is 47.3 Å². The van der Waals surface area contributed by atoms with E-state index in [2.05, 4.69) is 29.9 Å². The first-order valence-corrected chi connectivity index (χ1v) is 10.9. The molecular formula is C19H31ClIN3O2S. The fourth-order valence-corrected chi connectivity index (χ4v) is 3.55. The minimum atomic E-state index is 0. The first kappa shape index (κ1) is 24.8. The van der Waals surface area contributed by atoms with Crippen LogP contribution in [0, 0.1) is 0 Å². The number of guanidine groups is 1. The fourth-order valence-electron chi connectivity index (χ4n) is 2.71. The van der Waals surface area contributed by atoms with E-state index in [0.29, 0.717) is 6.54 Å². The average Bonchev–Trinajstić information content (AvgIpc) is 3.15. The molecule has 1 saturated heterocycles. The van der Waals surface area contributed by atoms with Crippen LogP contribution in [-0.4, -0.2) is 57.8 Å². The van der Waals surface area contributed by atoms with Gasteiger partial charge in [0.1, 0.15) is 0 Å². The maximum absolute atomic E-state index is 6.11. The van der Waals surface area contributed by atoms with E-state index in [9.17, 15) is 0 Å². The van der Waals surface area contributed by atoms with Crippen molar-refractivity contribution >= 4 is 53.3 Å². The number of ether oxygens (including phenoxy) is 2. The van der Waals surface area contributed by atoms with E-state index in [-0.39, 0.29) is 35.3 Å². The lowest BCUT2D eigenvalue weighted by Gasteiger charge is -2.16. The minimum Gasteiger partial charge on any atom is -0.379 e. The van der Waals surface area contributed by atoms with Gasteiger partial charge < -0.3 is 20.1 Å². The van der Waals surface area contributed by atoms with E-state index in [1.807, 2.05) is 18.2 Å². The number of nitrogens with one attached hydrogen (secondary N) is 2. The second-order valence-electron chi connectivity index (χ2n) is 6.14. The third kappa shape index (κ3) is 9.69. The highest BCUT2D eigenvalue weighted by atomic mass is 127. The number of hydrogen-bond acceptors (Lipinski definition) is 4. The van der Waals surface area contributed by atoms with Gasteiger partial charge in [0.05, 0.1) is 19.3 Å². The zero-order chi connectivity index (χ0) is 18.6. The molecule has 8 heteroatoms. The standard InChI is InChI=1S/C19H30ClN3O2S.HI/c1-3-21-19(22-9-5-10-25-17-8-11-24-14-17)23-13-18(26-2)15-6-4-7-16(20)12-15;/h4,6-7,12,17-18H,3,5,8-11,13-14H2,1-2H3,(H2,21,22,23);1H. The smallest absolute Gasteiger partial charge is 0.191 e. The van der Waals surface area contributed by atoms with Crippen molar-refractivity contribution in [2.45, 2.75) is 31.1 Å². The van der Waals surface area contributed by atoms with Gasteiger partial charge in [-0.1, -0.05) is 23.7 Å². The average molecular weight is 528 g/mol. The molecule has 0 amide bonds. The number of benzene rings is 1. The molecule has 1 fully saturated rings. The zero-order valence-electron chi connectivity index (χ0n) is 16.1. The maximum atomic E-state index is 6.11. The molecule has 1 heterocycles. The quantitative estimate of drug-likeness (QED) is 0.208. The van der Waals surface area contributed by atoms with Gasteiger partial charge in [0.15, 0.2) is 5.96 Å². The van der Waals surface area contributed by atoms with Gasteiger partial charge in [-0.2, -0.15) is 11.8 Å². The van der Waals surface area contributed by atoms with Crippen LogP contribution in [0.3, 0.4) is 0 Å². The van der Waals surface area contributed by atoms with Gasteiger partial charge in [0.2, 0.25) is 0 Å². The monoisotopic (exact) mass is 527 g/mol. The Morgan fingerprint density at radius 2 is 2.30 bits per heavy atom. The molecule has 2 unspecified atom stereocenters. The normalized spacial score (nSPS) is 18.0. The van der Waals surface area contributed by atoms with Crippen LogP contribution in [0.15, 0.2) is 29.3 Å². The summed E-state index contributed by atoms with van der Waals surface area (Å²) in [6.07, 6.45) is 4.33. The predicted molar refractivity (Wildman–Crippen MR) is 127 cm³/mol. The van der Waals surface area contributed by atoms with E-state index in [1.165, 1.54) is 5.56 Å². The van der Waals surface area contributed by atoms with Crippen molar-refractivity contribution < 1.29 is 9.47 Å². The van der Waals surface area contributed by atoms with E-state index in [0.717, 1.165) is 56.7 Å². The second-order valence-corrected chi connectivity index (χ2v) is 7.61. The Morgan fingerprint density at radius 1 is 1.44 bits per heavy atom. The zero-order valence-corrected chi connectivity index (χ0v) is 20.0. The summed E-state index contributed by atoms with van der Waals surface area (Å²) in [5.41, 5.74) is 1.21. The number of hydrogen-bond donors (Lipinski definition) is 2. The van der Waals surface area contributed by atoms with Gasteiger partial charge in [0, 0.05) is 36.6 Å². The molecule has 2 atom stereocenters. The molecule has 27 heavy (non-hydrogen) atoms. The number of rotatable bonds is 10. The Labute approximate surface area is 189 Å². The topological polar surface area (TPSA) is 54.9 Å². The third-order valence-corrected chi connectivity index (χ3v) is 5.34. The lowest BCUT2D eigenvalue weighted by atomic mass is 10.1. The van der Waals surface area contributed by atoms with Gasteiger partial charge in [-0.3, -0.25) is 4.99 Å². The molecule has 1 aliphatic heterocycles. The summed E-state index contributed by atoms with van der Waals surface area (Å²) in [7, 11) is 0. The molecule has 0 radical (unpaired) electrons. The summed E-state index contributed by atoms with van der Waals surface area (Å²) in [6.45, 7) is 6.75. The van der Waals surface area contributed by atoms with Crippen LogP contribution < -0.4 is 10.6 Å². The van der Waals surface area contributed by atoms with Crippen LogP contribution in [0.25, 0.3) is 0 Å². The minimum absolute atomic E-state index is 0. The van der Waals surface area contributed by atoms with Crippen molar-refractivity contribution in [2.24, 2.45) is 4.99 Å². The van der Waals surface area contributed by atoms with Gasteiger partial charge >= 0.3 is 0 Å². The van der Waals surface area contributed by atoms with Crippen molar-refractivity contribution in [3.05, 3.63) is 34.9 Å². The van der Waals surface area contributed by atoms with Crippen molar-refractivity contribution in [1.29, 1.82) is 0 Å². The molecular weight excluding hydrogens is 497 g/mol. The highest BCUT2D eigenvalue weighted by Gasteiger charge is 2.15. The highest BCUT2D eigenvalue weighted by molar-refractivity contribution is 14.0. The molecule has 2 rings (SSSR count). The van der Waals surface area contributed by atoms with Crippen molar-refractivity contribution in [3.8, 4) is 0 Å². The molecule has 1 aromatic rings. The van der Waals surface area contributed by atoms with Gasteiger partial charge in [-0.15, -0.1) is 24.0 Å². The molecule has 0 aliphatic carbocycles. The van der Waals surface area contributed by atoms with Crippen molar-refractivity contribution in [2.75, 3.05) is 45.7 Å². The summed E-state index contributed by atoms with van der Waals surface area (Å²) in [5.74, 6) is 0.845. The highest BCUT2D eigenvalue weighted by Crippen LogP contribution is 2.28. The lowest BCUT2D eigenvalue weighted by Crippen LogP contribution is -2.38. The first-order valence-electron chi connectivity index (χ1n) is 9.22. The van der Waals surface area contributed by atoms with E-state index in [4.69, 9.17) is 26.1 Å². The Hall–Kier alpha value is -0.220. The molecule has 154 valence electrons. The van der Waals surface area contributed by atoms with E-state index < -0.39 is 0 Å². The Balaban J connectivity index is 0.00000364. The van der Waals surface area contributed by atoms with Crippen LogP contribution in [-0.2, 0) is 9.47 Å². The summed E-state index contributed by atoms with van der Waals surface area (Å²) in [6, 6.07) is 8.01. The largest absolute Gasteiger partial charge is 0.379 e. The van der Waals surface area contributed by atoms with Crippen LogP contribution in [0.2, 0.25) is 5.02 Å². The Morgan fingerprint density at radius 3 is 2.96 bits per heavy atom. The van der Waals surface area contributed by atoms with Crippen molar-refractivity contribution in [1.82, 2.24) is 10.6 Å². The summed E-state index contributed by atoms with van der Waals surface area (Å²) >= 11 is 7.90. The Kier molecular flexibility index (Phi) is 13.5. The molecule has 0 bridgehead atoms. The molecule has 1 aromatic carbocycles. The molecule has 1 aliphatic rings. The van der Waals surface area contributed by atoms with Gasteiger partial charge in [0.25, 0.3) is 0 Å². The van der Waals surface area contributed by atoms with Crippen molar-refractivity contribution in [3.63, 3.8) is 0 Å². The number of halogens is 2. The summed E-state index contributed by atoms with van der Waals surface area (Å²) in [5, 5.41) is 7.73. The maximum Gasteiger partial charge on any atom is 0.191 e. The van der Waals surface area contributed by atoms with Gasteiger partial charge in [-0.05, 0) is 43.7 Å². The molecule has 0 aromatic heterocycles. The lowest BCUT2D eigenvalue weighted by molar-refractivity contribution is 0.0420. The number of thioether (sulfide) groups is 1. The van der Waals surface area contributed by atoms with E-state index in [1.54, 1.807) is 11.8 Å². The fraction of sp³-hybridized carbons (Fsp3) is 0.632.